The maximum atomic E-state index is 13.1. The van der Waals surface area contributed by atoms with Crippen LogP contribution < -0.4 is 0 Å². The number of aromatic nitrogens is 3. The van der Waals surface area contributed by atoms with Crippen molar-refractivity contribution in [2.75, 3.05) is 19.5 Å². The molecule has 1 aliphatic heterocycles. The van der Waals surface area contributed by atoms with E-state index < -0.39 is 30.4 Å². The standard InChI is InChI=1S/C30H30ClN3O6S/c1-17-4-8-19(9-5-17)28(36)38-16-23-22(40-29(37)20-10-6-18(2)7-11-20)14-24(39-23)34-15-21(12-13-35)25-26(31)32-30(41-3)33-27(25)34/h4-11,15,22-24,35H,12-14,16H2,1-3H3/t22-,23+,24+/m0/s1. The third-order valence-corrected chi connectivity index (χ3v) is 7.77. The summed E-state index contributed by atoms with van der Waals surface area (Å²) in [7, 11) is 0. The highest BCUT2D eigenvalue weighted by Crippen LogP contribution is 2.37. The molecule has 0 unspecified atom stereocenters. The van der Waals surface area contributed by atoms with Crippen molar-refractivity contribution in [1.82, 2.24) is 14.5 Å². The van der Waals surface area contributed by atoms with Gasteiger partial charge in [0.25, 0.3) is 0 Å². The van der Waals surface area contributed by atoms with Crippen molar-refractivity contribution in [2.45, 2.75) is 50.3 Å². The predicted molar refractivity (Wildman–Crippen MR) is 155 cm³/mol. The Balaban J connectivity index is 1.43. The number of hydrogen-bond acceptors (Lipinski definition) is 9. The Morgan fingerprint density at radius 1 is 1.05 bits per heavy atom. The molecule has 2 aromatic carbocycles. The van der Waals surface area contributed by atoms with E-state index in [0.29, 0.717) is 33.7 Å². The van der Waals surface area contributed by atoms with Crippen molar-refractivity contribution >= 4 is 46.3 Å². The number of benzene rings is 2. The van der Waals surface area contributed by atoms with Gasteiger partial charge in [-0.3, -0.25) is 0 Å². The maximum Gasteiger partial charge on any atom is 0.338 e. The minimum absolute atomic E-state index is 0.0837. The number of rotatable bonds is 9. The number of halogens is 1. The van der Waals surface area contributed by atoms with Crippen LogP contribution in [0.15, 0.2) is 59.9 Å². The molecule has 0 bridgehead atoms. The van der Waals surface area contributed by atoms with E-state index in [0.717, 1.165) is 16.7 Å². The fraction of sp³-hybridized carbons (Fsp3) is 0.333. The molecule has 0 aliphatic carbocycles. The monoisotopic (exact) mass is 595 g/mol. The zero-order valence-corrected chi connectivity index (χ0v) is 24.4. The number of carbonyl (C=O) groups is 2. The van der Waals surface area contributed by atoms with E-state index >= 15 is 0 Å². The Kier molecular flexibility index (Phi) is 8.94. The van der Waals surface area contributed by atoms with Crippen LogP contribution in [0.1, 0.15) is 50.1 Å². The first-order chi connectivity index (χ1) is 19.8. The van der Waals surface area contributed by atoms with Crippen LogP contribution in [0.5, 0.6) is 0 Å². The van der Waals surface area contributed by atoms with Crippen molar-refractivity contribution in [2.24, 2.45) is 0 Å². The van der Waals surface area contributed by atoms with E-state index in [4.69, 9.17) is 25.8 Å². The number of thioether (sulfide) groups is 1. The fourth-order valence-corrected chi connectivity index (χ4v) is 5.45. The number of carbonyl (C=O) groups excluding carboxylic acids is 2. The molecule has 1 saturated heterocycles. The number of hydrogen-bond donors (Lipinski definition) is 1. The van der Waals surface area contributed by atoms with E-state index in [2.05, 4.69) is 9.97 Å². The fourth-order valence-electron chi connectivity index (χ4n) is 4.75. The molecule has 4 aromatic rings. The zero-order valence-electron chi connectivity index (χ0n) is 22.9. The minimum Gasteiger partial charge on any atom is -0.459 e. The van der Waals surface area contributed by atoms with Crippen LogP contribution in [0.25, 0.3) is 11.0 Å². The molecule has 5 rings (SSSR count). The van der Waals surface area contributed by atoms with Crippen LogP contribution in [0.4, 0.5) is 0 Å². The third kappa shape index (κ3) is 6.41. The predicted octanol–water partition coefficient (Wildman–Crippen LogP) is 5.33. The molecular weight excluding hydrogens is 566 g/mol. The first-order valence-electron chi connectivity index (χ1n) is 13.2. The van der Waals surface area contributed by atoms with Crippen LogP contribution in [-0.2, 0) is 20.6 Å². The molecule has 9 nitrogen and oxygen atoms in total. The summed E-state index contributed by atoms with van der Waals surface area (Å²) in [6.45, 7) is 3.67. The molecule has 11 heteroatoms. The lowest BCUT2D eigenvalue weighted by atomic mass is 10.1. The Bertz CT molecular complexity index is 1560. The first kappa shape index (κ1) is 29.1. The summed E-state index contributed by atoms with van der Waals surface area (Å²) in [6, 6.07) is 14.2. The van der Waals surface area contributed by atoms with Crippen molar-refractivity contribution in [3.8, 4) is 0 Å². The van der Waals surface area contributed by atoms with Crippen molar-refractivity contribution in [3.63, 3.8) is 0 Å². The molecule has 0 saturated carbocycles. The summed E-state index contributed by atoms with van der Waals surface area (Å²) < 4.78 is 19.7. The van der Waals surface area contributed by atoms with Gasteiger partial charge in [-0.15, -0.1) is 0 Å². The Morgan fingerprint density at radius 3 is 2.29 bits per heavy atom. The summed E-state index contributed by atoms with van der Waals surface area (Å²) in [4.78, 5) is 34.8. The Labute approximate surface area is 246 Å². The second-order valence-corrected chi connectivity index (χ2v) is 11.0. The van der Waals surface area contributed by atoms with Gasteiger partial charge >= 0.3 is 11.9 Å². The van der Waals surface area contributed by atoms with Crippen LogP contribution in [-0.4, -0.2) is 63.3 Å². The van der Waals surface area contributed by atoms with Crippen LogP contribution in [0.3, 0.4) is 0 Å². The van der Waals surface area contributed by atoms with E-state index in [-0.39, 0.29) is 24.8 Å². The van der Waals surface area contributed by atoms with Crippen molar-refractivity contribution in [3.05, 3.63) is 87.7 Å². The molecule has 3 atom stereocenters. The lowest BCUT2D eigenvalue weighted by Gasteiger charge is -2.19. The number of esters is 2. The summed E-state index contributed by atoms with van der Waals surface area (Å²) in [6.07, 6.45) is 2.25. The van der Waals surface area contributed by atoms with Crippen LogP contribution in [0, 0.1) is 13.8 Å². The van der Waals surface area contributed by atoms with E-state index in [9.17, 15) is 14.7 Å². The molecule has 0 spiro atoms. The average molecular weight is 596 g/mol. The van der Waals surface area contributed by atoms with Gasteiger partial charge in [-0.05, 0) is 56.4 Å². The van der Waals surface area contributed by atoms with E-state index in [1.54, 1.807) is 24.3 Å². The minimum atomic E-state index is -0.736. The van der Waals surface area contributed by atoms with Crippen LogP contribution >= 0.6 is 23.4 Å². The lowest BCUT2D eigenvalue weighted by molar-refractivity contribution is -0.0562. The molecule has 1 N–H and O–H groups in total. The smallest absolute Gasteiger partial charge is 0.338 e. The summed E-state index contributed by atoms with van der Waals surface area (Å²) in [5, 5.41) is 11.1. The molecule has 0 radical (unpaired) electrons. The van der Waals surface area contributed by atoms with Gasteiger partial charge in [0.05, 0.1) is 16.5 Å². The maximum absolute atomic E-state index is 13.1. The van der Waals surface area contributed by atoms with Gasteiger partial charge < -0.3 is 23.9 Å². The summed E-state index contributed by atoms with van der Waals surface area (Å²) in [5.74, 6) is -0.996. The normalized spacial score (nSPS) is 18.5. The summed E-state index contributed by atoms with van der Waals surface area (Å²) >= 11 is 7.89. The highest BCUT2D eigenvalue weighted by atomic mass is 35.5. The molecule has 1 fully saturated rings. The molecular formula is C30H30ClN3O6S. The first-order valence-corrected chi connectivity index (χ1v) is 14.8. The highest BCUT2D eigenvalue weighted by molar-refractivity contribution is 7.98. The molecule has 2 aromatic heterocycles. The Morgan fingerprint density at radius 2 is 1.68 bits per heavy atom. The molecule has 3 heterocycles. The van der Waals surface area contributed by atoms with E-state index in [1.165, 1.54) is 11.8 Å². The van der Waals surface area contributed by atoms with Crippen LogP contribution in [0.2, 0.25) is 5.15 Å². The number of nitrogens with zero attached hydrogens (tertiary/aromatic N) is 3. The SMILES string of the molecule is CSc1nc(Cl)c2c(CCO)cn([C@H]3C[C@H](OC(=O)c4ccc(C)cc4)[C@@H](COC(=O)c4ccc(C)cc4)O3)c2n1. The van der Waals surface area contributed by atoms with Crippen molar-refractivity contribution in [1.29, 1.82) is 0 Å². The average Bonchev–Trinajstić information content (AvgIpc) is 3.53. The van der Waals surface area contributed by atoms with Gasteiger partial charge in [-0.25, -0.2) is 19.6 Å². The highest BCUT2D eigenvalue weighted by Gasteiger charge is 2.41. The second-order valence-electron chi connectivity index (χ2n) is 9.87. The second kappa shape index (κ2) is 12.6. The number of aliphatic hydroxyl groups excluding tert-OH is 1. The topological polar surface area (TPSA) is 113 Å². The number of ether oxygens (including phenoxy) is 3. The largest absolute Gasteiger partial charge is 0.459 e. The van der Waals surface area contributed by atoms with Crippen molar-refractivity contribution < 1.29 is 28.9 Å². The molecule has 41 heavy (non-hydrogen) atoms. The van der Waals surface area contributed by atoms with Gasteiger partial charge in [0.15, 0.2) is 5.16 Å². The lowest BCUT2D eigenvalue weighted by Crippen LogP contribution is -2.32. The quantitative estimate of drug-likeness (QED) is 0.119. The number of aryl methyl sites for hydroxylation is 2. The van der Waals surface area contributed by atoms with Gasteiger partial charge in [0.1, 0.15) is 35.8 Å². The Hall–Kier alpha value is -3.44. The van der Waals surface area contributed by atoms with Gasteiger partial charge in [0.2, 0.25) is 0 Å². The molecule has 0 amide bonds. The van der Waals surface area contributed by atoms with Gasteiger partial charge in [-0.2, -0.15) is 0 Å². The molecule has 1 aliphatic rings. The zero-order chi connectivity index (χ0) is 29.1. The number of aliphatic hydroxyl groups is 1. The van der Waals surface area contributed by atoms with E-state index in [1.807, 2.05) is 55.1 Å². The molecule has 214 valence electrons. The van der Waals surface area contributed by atoms with Gasteiger partial charge in [-0.1, -0.05) is 58.8 Å². The number of fused-ring (bicyclic) bond motifs is 1. The third-order valence-electron chi connectivity index (χ3n) is 6.95. The van der Waals surface area contributed by atoms with Gasteiger partial charge in [0, 0.05) is 19.2 Å². The summed E-state index contributed by atoms with van der Waals surface area (Å²) in [5.41, 5.74) is 4.19.